The minimum absolute atomic E-state index is 0.0483. The number of imidazole rings is 1. The van der Waals surface area contributed by atoms with Crippen LogP contribution in [0.25, 0.3) is 11.4 Å². The molecule has 2 aromatic heterocycles. The summed E-state index contributed by atoms with van der Waals surface area (Å²) in [5, 5.41) is 0. The summed E-state index contributed by atoms with van der Waals surface area (Å²) in [4.78, 5) is 15.8. The van der Waals surface area contributed by atoms with Gasteiger partial charge in [-0.1, -0.05) is 0 Å². The topological polar surface area (TPSA) is 93.5 Å². The van der Waals surface area contributed by atoms with Crippen LogP contribution in [0.4, 0.5) is 5.95 Å². The lowest BCUT2D eigenvalue weighted by molar-refractivity contribution is 0.182. The number of rotatable bonds is 6. The van der Waals surface area contributed by atoms with Crippen LogP contribution < -0.4 is 4.90 Å². The van der Waals surface area contributed by atoms with Crippen LogP contribution in [0.3, 0.4) is 0 Å². The van der Waals surface area contributed by atoms with E-state index in [1.54, 1.807) is 32.7 Å². The summed E-state index contributed by atoms with van der Waals surface area (Å²) < 4.78 is 33.6. The van der Waals surface area contributed by atoms with Crippen LogP contribution in [0.1, 0.15) is 25.3 Å². The molecule has 0 aromatic carbocycles. The molecule has 0 unspecified atom stereocenters. The van der Waals surface area contributed by atoms with E-state index in [1.807, 2.05) is 10.8 Å². The zero-order valence-electron chi connectivity index (χ0n) is 16.9. The van der Waals surface area contributed by atoms with Crippen molar-refractivity contribution in [1.29, 1.82) is 0 Å². The molecule has 2 aliphatic heterocycles. The molecule has 4 heterocycles. The normalized spacial score (nSPS) is 23.1. The molecule has 0 bridgehead atoms. The maximum Gasteiger partial charge on any atom is 0.225 e. The van der Waals surface area contributed by atoms with Crippen molar-refractivity contribution in [3.8, 4) is 11.4 Å². The number of hydrogen-bond acceptors (Lipinski definition) is 7. The fourth-order valence-corrected chi connectivity index (χ4v) is 5.13. The Bertz CT molecular complexity index is 922. The SMILES string of the molecule is CN(C)S(=O)(=O)C[C@@H]1COC[C@H]1n1ccnc1-c1cnc(N2CCCCC2)nc1. The van der Waals surface area contributed by atoms with Gasteiger partial charge in [0.1, 0.15) is 5.82 Å². The van der Waals surface area contributed by atoms with Gasteiger partial charge in [0.2, 0.25) is 16.0 Å². The average Bonchev–Trinajstić information content (AvgIpc) is 3.37. The van der Waals surface area contributed by atoms with Crippen LogP contribution in [0.2, 0.25) is 0 Å². The van der Waals surface area contributed by atoms with E-state index in [0.29, 0.717) is 13.2 Å². The number of hydrogen-bond donors (Lipinski definition) is 0. The summed E-state index contributed by atoms with van der Waals surface area (Å²) in [6, 6.07) is -0.0935. The van der Waals surface area contributed by atoms with E-state index in [0.717, 1.165) is 30.4 Å². The van der Waals surface area contributed by atoms with Crippen LogP contribution in [0.5, 0.6) is 0 Å². The first-order valence-electron chi connectivity index (χ1n) is 10.0. The monoisotopic (exact) mass is 420 g/mol. The van der Waals surface area contributed by atoms with Crippen molar-refractivity contribution in [3.05, 3.63) is 24.8 Å². The van der Waals surface area contributed by atoms with Gasteiger partial charge in [-0.25, -0.2) is 27.7 Å². The molecule has 2 saturated heterocycles. The molecule has 9 nitrogen and oxygen atoms in total. The second-order valence-electron chi connectivity index (χ2n) is 7.90. The smallest absolute Gasteiger partial charge is 0.225 e. The third-order valence-corrected chi connectivity index (χ3v) is 7.67. The Morgan fingerprint density at radius 2 is 1.83 bits per heavy atom. The van der Waals surface area contributed by atoms with Gasteiger partial charge in [0.05, 0.1) is 30.6 Å². The van der Waals surface area contributed by atoms with Gasteiger partial charge >= 0.3 is 0 Å². The van der Waals surface area contributed by atoms with E-state index < -0.39 is 10.0 Å². The van der Waals surface area contributed by atoms with E-state index in [4.69, 9.17) is 4.74 Å². The maximum absolute atomic E-state index is 12.4. The fraction of sp³-hybridized carbons (Fsp3) is 0.632. The van der Waals surface area contributed by atoms with Gasteiger partial charge in [-0.2, -0.15) is 0 Å². The van der Waals surface area contributed by atoms with Crippen LogP contribution in [0, 0.1) is 5.92 Å². The van der Waals surface area contributed by atoms with Crippen molar-refractivity contribution in [2.24, 2.45) is 5.92 Å². The highest BCUT2D eigenvalue weighted by Crippen LogP contribution is 2.31. The predicted molar refractivity (Wildman–Crippen MR) is 110 cm³/mol. The predicted octanol–water partition coefficient (Wildman–Crippen LogP) is 1.41. The van der Waals surface area contributed by atoms with Crippen molar-refractivity contribution >= 4 is 16.0 Å². The number of anilines is 1. The second kappa shape index (κ2) is 8.37. The van der Waals surface area contributed by atoms with Gasteiger partial charge in [0, 0.05) is 57.9 Å². The lowest BCUT2D eigenvalue weighted by Gasteiger charge is -2.26. The minimum atomic E-state index is -3.31. The average molecular weight is 421 g/mol. The third kappa shape index (κ3) is 4.29. The Hall–Kier alpha value is -2.04. The standard InChI is InChI=1S/C19H28N6O3S/c1-23(2)29(26,27)14-16-12-28-13-17(16)25-9-6-20-18(25)15-10-21-19(22-11-15)24-7-4-3-5-8-24/h6,9-11,16-17H,3-5,7-8,12-14H2,1-2H3/t16-,17+/m0/s1. The number of piperidine rings is 1. The molecule has 0 saturated carbocycles. The molecule has 29 heavy (non-hydrogen) atoms. The van der Waals surface area contributed by atoms with Crippen LogP contribution in [-0.2, 0) is 14.8 Å². The molecule has 2 aromatic rings. The van der Waals surface area contributed by atoms with Crippen LogP contribution in [0.15, 0.2) is 24.8 Å². The Morgan fingerprint density at radius 3 is 2.52 bits per heavy atom. The molecule has 2 fully saturated rings. The lowest BCUT2D eigenvalue weighted by Crippen LogP contribution is -2.32. The molecular formula is C19H28N6O3S. The molecule has 2 aliphatic rings. The molecular weight excluding hydrogens is 392 g/mol. The quantitative estimate of drug-likeness (QED) is 0.697. The summed E-state index contributed by atoms with van der Waals surface area (Å²) in [5.41, 5.74) is 0.817. The van der Waals surface area contributed by atoms with Gasteiger partial charge in [-0.15, -0.1) is 0 Å². The van der Waals surface area contributed by atoms with Crippen LogP contribution in [-0.4, -0.2) is 78.4 Å². The van der Waals surface area contributed by atoms with Gasteiger partial charge < -0.3 is 14.2 Å². The molecule has 4 rings (SSSR count). The largest absolute Gasteiger partial charge is 0.379 e. The zero-order chi connectivity index (χ0) is 20.4. The number of nitrogens with zero attached hydrogens (tertiary/aromatic N) is 6. The zero-order valence-corrected chi connectivity index (χ0v) is 17.8. The Kier molecular flexibility index (Phi) is 5.84. The highest BCUT2D eigenvalue weighted by Gasteiger charge is 2.35. The van der Waals surface area contributed by atoms with E-state index in [1.165, 1.54) is 23.6 Å². The van der Waals surface area contributed by atoms with E-state index in [-0.39, 0.29) is 17.7 Å². The summed E-state index contributed by atoms with van der Waals surface area (Å²) in [7, 11) is -0.193. The summed E-state index contributed by atoms with van der Waals surface area (Å²) in [6.07, 6.45) is 10.8. The van der Waals surface area contributed by atoms with Gasteiger partial charge in [0.25, 0.3) is 0 Å². The highest BCUT2D eigenvalue weighted by atomic mass is 32.2. The number of aromatic nitrogens is 4. The van der Waals surface area contributed by atoms with Gasteiger partial charge in [-0.05, 0) is 19.3 Å². The first-order valence-corrected chi connectivity index (χ1v) is 11.6. The van der Waals surface area contributed by atoms with Gasteiger partial charge in [-0.3, -0.25) is 0 Å². The molecule has 10 heteroatoms. The van der Waals surface area contributed by atoms with Gasteiger partial charge in [0.15, 0.2) is 0 Å². The van der Waals surface area contributed by atoms with Crippen molar-refractivity contribution in [3.63, 3.8) is 0 Å². The molecule has 0 amide bonds. The Labute approximate surface area is 171 Å². The Morgan fingerprint density at radius 1 is 1.10 bits per heavy atom. The summed E-state index contributed by atoms with van der Waals surface area (Å²) >= 11 is 0. The summed E-state index contributed by atoms with van der Waals surface area (Å²) in [6.45, 7) is 2.87. The second-order valence-corrected chi connectivity index (χ2v) is 10.1. The van der Waals surface area contributed by atoms with E-state index in [2.05, 4.69) is 19.9 Å². The molecule has 2 atom stereocenters. The third-order valence-electron chi connectivity index (χ3n) is 5.71. The van der Waals surface area contributed by atoms with Crippen molar-refractivity contribution in [2.75, 3.05) is 51.1 Å². The molecule has 0 aliphatic carbocycles. The number of sulfonamides is 1. The van der Waals surface area contributed by atoms with Crippen molar-refractivity contribution < 1.29 is 13.2 Å². The molecule has 0 radical (unpaired) electrons. The van der Waals surface area contributed by atoms with E-state index in [9.17, 15) is 8.42 Å². The van der Waals surface area contributed by atoms with Crippen molar-refractivity contribution in [2.45, 2.75) is 25.3 Å². The van der Waals surface area contributed by atoms with Crippen LogP contribution >= 0.6 is 0 Å². The minimum Gasteiger partial charge on any atom is -0.379 e. The van der Waals surface area contributed by atoms with Crippen molar-refractivity contribution in [1.82, 2.24) is 23.8 Å². The fourth-order valence-electron chi connectivity index (χ4n) is 3.97. The highest BCUT2D eigenvalue weighted by molar-refractivity contribution is 7.89. The molecule has 158 valence electrons. The maximum atomic E-state index is 12.4. The lowest BCUT2D eigenvalue weighted by atomic mass is 10.1. The molecule has 0 spiro atoms. The summed E-state index contributed by atoms with van der Waals surface area (Å²) in [5.74, 6) is 1.40. The Balaban J connectivity index is 1.55. The first kappa shape index (κ1) is 20.2. The molecule has 0 N–H and O–H groups in total. The first-order chi connectivity index (χ1) is 14.0. The number of ether oxygens (including phenoxy) is 1. The van der Waals surface area contributed by atoms with E-state index >= 15 is 0 Å².